The highest BCUT2D eigenvalue weighted by atomic mass is 35.5. The van der Waals surface area contributed by atoms with Gasteiger partial charge in [0.05, 0.1) is 28.5 Å². The molecule has 1 N–H and O–H groups in total. The van der Waals surface area contributed by atoms with E-state index < -0.39 is 0 Å². The van der Waals surface area contributed by atoms with Gasteiger partial charge in [-0.2, -0.15) is 0 Å². The Balaban J connectivity index is 0.000000343. The number of H-pyrrole nitrogens is 1. The van der Waals surface area contributed by atoms with Crippen LogP contribution in [0.15, 0.2) is 141 Å². The van der Waals surface area contributed by atoms with Gasteiger partial charge in [-0.15, -0.1) is 0 Å². The molecule has 0 aliphatic rings. The maximum atomic E-state index is 13.1. The summed E-state index contributed by atoms with van der Waals surface area (Å²) < 4.78 is 12.6. The van der Waals surface area contributed by atoms with Gasteiger partial charge in [0, 0.05) is 340 Å². The number of esters is 2. The highest BCUT2D eigenvalue weighted by Crippen LogP contribution is 2.41. The highest BCUT2D eigenvalue weighted by Gasteiger charge is 2.25. The van der Waals surface area contributed by atoms with Crippen LogP contribution in [0.4, 0.5) is 0 Å². The summed E-state index contributed by atoms with van der Waals surface area (Å²) in [7, 11) is 54.6. The predicted molar refractivity (Wildman–Crippen MR) is 470 cm³/mol. The largest absolute Gasteiger partial charge is 0.461 e. The van der Waals surface area contributed by atoms with Gasteiger partial charge in [0.15, 0.2) is 0 Å². The molecular weight excluding hydrogens is 1810 g/mol. The molecule has 0 fully saturated rings. The van der Waals surface area contributed by atoms with Gasteiger partial charge in [-0.1, -0.05) is 128 Å². The number of aromatic amines is 1. The van der Waals surface area contributed by atoms with E-state index in [1.165, 1.54) is 35.1 Å². The van der Waals surface area contributed by atoms with E-state index in [9.17, 15) is 9.59 Å². The fourth-order valence-electron chi connectivity index (χ4n) is 5.98. The number of fused-ring (bicyclic) bond motifs is 2. The molecule has 5 aromatic carbocycles. The van der Waals surface area contributed by atoms with Gasteiger partial charge in [-0.25, -0.2) is 9.59 Å². The van der Waals surface area contributed by atoms with Crippen LogP contribution in [0.2, 0.25) is 10.0 Å². The van der Waals surface area contributed by atoms with Gasteiger partial charge >= 0.3 is 11.9 Å². The second-order valence-corrected chi connectivity index (χ2v) is 71.7. The average molecular weight is 1860 g/mol. The van der Waals surface area contributed by atoms with Crippen molar-refractivity contribution in [3.63, 3.8) is 0 Å². The van der Waals surface area contributed by atoms with E-state index in [1.807, 2.05) is 253 Å². The Hall–Kier alpha value is 2.66. The lowest BCUT2D eigenvalue weighted by Crippen LogP contribution is -2.14. The first kappa shape index (κ1) is 83.9. The van der Waals surface area contributed by atoms with Crippen LogP contribution in [0.1, 0.15) is 60.8 Å². The molecule has 0 atom stereocenters. The molecular formula is C44H44Cl2N2O4S35. The minimum Gasteiger partial charge on any atom is -0.461 e. The van der Waals surface area contributed by atoms with E-state index in [0.717, 1.165) is 47.0 Å². The third kappa shape index (κ3) is 34.6. The van der Waals surface area contributed by atoms with Gasteiger partial charge in [0.2, 0.25) is 0 Å². The summed E-state index contributed by atoms with van der Waals surface area (Å²) in [5, 5.41) is 3.15. The van der Waals surface area contributed by atoms with E-state index in [2.05, 4.69) is 36.2 Å². The number of hydrogen-bond donors (Lipinski definition) is 1. The van der Waals surface area contributed by atoms with Crippen molar-refractivity contribution in [2.24, 2.45) is 0 Å². The maximum absolute atomic E-state index is 13.1. The van der Waals surface area contributed by atoms with E-state index >= 15 is 0 Å². The summed E-state index contributed by atoms with van der Waals surface area (Å²) in [5.74, 6) is -0.677. The molecule has 0 radical (unpaired) electrons. The molecule has 6 nitrogen and oxygen atoms in total. The lowest BCUT2D eigenvalue weighted by Gasteiger charge is -2.12. The molecule has 7 aromatic rings. The van der Waals surface area contributed by atoms with Gasteiger partial charge in [-0.05, 0) is 87.0 Å². The van der Waals surface area contributed by atoms with Crippen LogP contribution in [0, 0.1) is 6.92 Å². The Kier molecular flexibility index (Phi) is 51.8. The van der Waals surface area contributed by atoms with Crippen LogP contribution in [0.3, 0.4) is 0 Å². The molecule has 0 spiro atoms. The van der Waals surface area contributed by atoms with Crippen molar-refractivity contribution in [3.8, 4) is 0 Å². The summed E-state index contributed by atoms with van der Waals surface area (Å²) in [6.45, 7) is 6.91. The smallest absolute Gasteiger partial charge is 0.356 e. The monoisotopic (exact) mass is 1850 g/mol. The normalized spacial score (nSPS) is 9.44. The number of nitrogens with zero attached hydrogens (tertiary/aromatic N) is 1. The van der Waals surface area contributed by atoms with Gasteiger partial charge < -0.3 is 19.0 Å². The Morgan fingerprint density at radius 3 is 1.23 bits per heavy atom. The summed E-state index contributed by atoms with van der Waals surface area (Å²) in [4.78, 5) is 32.2. The molecule has 478 valence electrons. The number of carbonyl (C=O) groups is 2. The number of halogens is 2. The number of benzene rings is 5. The minimum absolute atomic E-state index is 0. The number of ether oxygens (including phenoxy) is 2. The zero-order chi connectivity index (χ0) is 60.5. The minimum atomic E-state index is -0.353. The van der Waals surface area contributed by atoms with Crippen LogP contribution < -0.4 is 0 Å². The molecule has 87 heavy (non-hydrogen) atoms. The van der Waals surface area contributed by atoms with Crippen molar-refractivity contribution in [3.05, 3.63) is 154 Å². The third-order valence-electron chi connectivity index (χ3n) is 8.86. The van der Waals surface area contributed by atoms with Crippen molar-refractivity contribution in [2.75, 3.05) is 13.2 Å². The Labute approximate surface area is 623 Å². The molecule has 0 aliphatic heterocycles. The first-order valence-corrected chi connectivity index (χ1v) is 67.1. The summed E-state index contributed by atoms with van der Waals surface area (Å²) in [6, 6.07) is 39.6. The van der Waals surface area contributed by atoms with Crippen molar-refractivity contribution in [1.29, 1.82) is 0 Å². The Bertz CT molecular complexity index is 4910. The second kappa shape index (κ2) is 53.7. The van der Waals surface area contributed by atoms with Crippen LogP contribution in [0.25, 0.3) is 21.8 Å². The van der Waals surface area contributed by atoms with E-state index in [4.69, 9.17) is 55.1 Å². The first-order valence-electron chi connectivity index (χ1n) is 22.1. The molecule has 0 saturated carbocycles. The zero-order valence-electron chi connectivity index (χ0n) is 42.3. The number of hydrogen-bond acceptors (Lipinski definition) is 8. The molecule has 0 unspecified atom stereocenters. The maximum Gasteiger partial charge on any atom is 0.356 e. The fraction of sp³-hybridized carbons (Fsp3) is 0.182. The van der Waals surface area contributed by atoms with E-state index in [1.54, 1.807) is 131 Å². The second-order valence-electron chi connectivity index (χ2n) is 13.8. The number of aromatic nitrogens is 2. The standard InChI is InChI=1S/C25H22ClNO2S.C17H14ClNO2S.2CH4.S33/c1-3-29-25(28)23-24(30-20-7-5-4-6-8-20)21-15-19(26)13-14-22(21)27(23)16-18-11-9-17(2)10-12-18;1-2-21-17(20)15-16(22-12-6-4-3-5-7-12)13-10-11(18)8-9-14(13)19-15;;;1-3-5-7-9-11-13-15-17-19-21-23-25-27-29-31-33-32-30-28-26-24-22-20-18-16-14-12-10-8-6-4-2/h4-15H,3,16H2,1-2H3;3-10,19H,2H2,1H3;2*1H4;. The van der Waals surface area contributed by atoms with Crippen molar-refractivity contribution in [2.45, 2.75) is 61.8 Å². The molecule has 0 bridgehead atoms. The SMILES string of the molecule is C.C.CCOC(=O)c1[nH]c2ccc(Cl)cc2c1Sc1ccccc1.CCOC(=O)c1c(Sc2ccccc2)c2cc(Cl)ccc2n1Cc1ccc(C)cc1.S=S=S=S=S=S=S=S=S=S=S=S=S=S=S=S=S=S=S=S=S=S=S=S=S=S=S=S=S=S=S=S=S. The van der Waals surface area contributed by atoms with Crippen molar-refractivity contribution in [1.82, 2.24) is 9.55 Å². The van der Waals surface area contributed by atoms with Crippen molar-refractivity contribution >= 4 is 378 Å². The zero-order valence-corrected chi connectivity index (χ0v) is 72.4. The first-order chi connectivity index (χ1) is 41.7. The van der Waals surface area contributed by atoms with Crippen LogP contribution in [0.5, 0.6) is 0 Å². The number of rotatable bonds is 10. The Morgan fingerprint density at radius 1 is 0.460 bits per heavy atom. The summed E-state index contributed by atoms with van der Waals surface area (Å²) in [5.41, 5.74) is 5.17. The Morgan fingerprint density at radius 2 is 0.828 bits per heavy atom. The van der Waals surface area contributed by atoms with E-state index in [0.29, 0.717) is 41.2 Å². The highest BCUT2D eigenvalue weighted by molar-refractivity contribution is 8.80. The molecule has 0 saturated heterocycles. The molecule has 0 aliphatic carbocycles. The fourth-order valence-corrected chi connectivity index (χ4v) is 88.0. The predicted octanol–water partition coefficient (Wildman–Crippen LogP) is 13.3. The van der Waals surface area contributed by atoms with Crippen LogP contribution >= 0.6 is 46.7 Å². The third-order valence-corrected chi connectivity index (χ3v) is 78.3. The molecule has 43 heteroatoms. The number of carbonyl (C=O) groups excluding carboxylic acids is 2. The van der Waals surface area contributed by atoms with Gasteiger partial charge in [0.1, 0.15) is 11.4 Å². The van der Waals surface area contributed by atoms with E-state index in [-0.39, 0.29) is 26.8 Å². The summed E-state index contributed by atoms with van der Waals surface area (Å²) in [6.07, 6.45) is 0. The van der Waals surface area contributed by atoms with Crippen LogP contribution in [-0.4, -0.2) is 34.7 Å². The molecule has 7 rings (SSSR count). The molecule has 2 heterocycles. The number of nitrogens with one attached hydrogen (secondary N) is 1. The van der Waals surface area contributed by atoms with Crippen LogP contribution in [-0.2, 0) is 314 Å². The quantitative estimate of drug-likeness (QED) is 0.136. The molecule has 0 amide bonds. The van der Waals surface area contributed by atoms with Gasteiger partial charge in [0.25, 0.3) is 0 Å². The van der Waals surface area contributed by atoms with Gasteiger partial charge in [-0.3, -0.25) is 0 Å². The lowest BCUT2D eigenvalue weighted by atomic mass is 10.1. The lowest BCUT2D eigenvalue weighted by molar-refractivity contribution is 0.0503. The average Bonchev–Trinajstić information content (AvgIpc) is 2.06. The van der Waals surface area contributed by atoms with Crippen molar-refractivity contribution < 1.29 is 19.1 Å². The molecule has 2 aromatic heterocycles. The topological polar surface area (TPSA) is 73.3 Å². The summed E-state index contributed by atoms with van der Waals surface area (Å²) >= 11 is 25.1. The number of aryl methyl sites for hydroxylation is 1.